The third kappa shape index (κ3) is 2.48. The van der Waals surface area contributed by atoms with Crippen molar-refractivity contribution in [3.05, 3.63) is 0 Å². The molecule has 1 saturated heterocycles. The van der Waals surface area contributed by atoms with Crippen molar-refractivity contribution in [3.63, 3.8) is 0 Å². The van der Waals surface area contributed by atoms with Gasteiger partial charge >= 0.3 is 0 Å². The summed E-state index contributed by atoms with van der Waals surface area (Å²) in [5, 5.41) is 3.08. The van der Waals surface area contributed by atoms with Crippen LogP contribution in [0.5, 0.6) is 0 Å². The Bertz CT molecular complexity index is 143. The highest BCUT2D eigenvalue weighted by molar-refractivity contribution is 5.79. The molecular formula is C7H14N2O2. The molecule has 64 valence electrons. The summed E-state index contributed by atoms with van der Waals surface area (Å²) in [6, 6.07) is 0.0548. The average molecular weight is 158 g/mol. The zero-order valence-corrected chi connectivity index (χ0v) is 6.67. The van der Waals surface area contributed by atoms with E-state index in [0.29, 0.717) is 12.6 Å². The van der Waals surface area contributed by atoms with Gasteiger partial charge in [-0.3, -0.25) is 4.79 Å². The van der Waals surface area contributed by atoms with Crippen molar-refractivity contribution < 1.29 is 9.53 Å². The first kappa shape index (κ1) is 8.49. The molecule has 1 heterocycles. The fourth-order valence-electron chi connectivity index (χ4n) is 1.10. The lowest BCUT2D eigenvalue weighted by Crippen LogP contribution is -2.44. The average Bonchev–Trinajstić information content (AvgIpc) is 2.39. The molecule has 0 radical (unpaired) electrons. The number of nitrogens with two attached hydrogens (primary N) is 1. The second-order valence-electron chi connectivity index (χ2n) is 2.85. The maximum atomic E-state index is 10.6. The Kier molecular flexibility index (Phi) is 2.84. The highest BCUT2D eigenvalue weighted by atomic mass is 16.5. The summed E-state index contributed by atoms with van der Waals surface area (Å²) in [7, 11) is 0. The number of carbonyl (C=O) groups is 1. The minimum atomic E-state index is -0.308. The molecule has 3 N–H and O–H groups in total. The van der Waals surface area contributed by atoms with Crippen LogP contribution < -0.4 is 11.1 Å². The van der Waals surface area contributed by atoms with Crippen LogP contribution in [0.1, 0.15) is 13.3 Å². The van der Waals surface area contributed by atoms with Crippen LogP contribution in [-0.2, 0) is 9.53 Å². The van der Waals surface area contributed by atoms with Crippen LogP contribution in [0, 0.1) is 0 Å². The highest BCUT2D eigenvalue weighted by Gasteiger charge is 2.19. The summed E-state index contributed by atoms with van der Waals surface area (Å²) in [4.78, 5) is 10.6. The summed E-state index contributed by atoms with van der Waals surface area (Å²) < 4.78 is 5.12. The number of primary amides is 1. The summed E-state index contributed by atoms with van der Waals surface area (Å²) in [6.45, 7) is 3.24. The van der Waals surface area contributed by atoms with E-state index in [1.54, 1.807) is 6.92 Å². The van der Waals surface area contributed by atoms with Gasteiger partial charge in [0.25, 0.3) is 0 Å². The number of ether oxygens (including phenoxy) is 1. The molecule has 0 aromatic rings. The molecule has 0 saturated carbocycles. The van der Waals surface area contributed by atoms with Crippen molar-refractivity contribution in [2.24, 2.45) is 5.73 Å². The van der Waals surface area contributed by atoms with E-state index in [-0.39, 0.29) is 11.9 Å². The Balaban J connectivity index is 2.23. The Hall–Kier alpha value is -0.610. The lowest BCUT2D eigenvalue weighted by molar-refractivity contribution is -0.119. The van der Waals surface area contributed by atoms with Crippen LogP contribution in [0.15, 0.2) is 0 Å². The van der Waals surface area contributed by atoms with Gasteiger partial charge in [-0.1, -0.05) is 0 Å². The van der Waals surface area contributed by atoms with Crippen molar-refractivity contribution in [2.75, 3.05) is 13.2 Å². The van der Waals surface area contributed by atoms with Gasteiger partial charge in [0.2, 0.25) is 5.91 Å². The number of amides is 1. The second kappa shape index (κ2) is 3.69. The largest absolute Gasteiger partial charge is 0.380 e. The highest BCUT2D eigenvalue weighted by Crippen LogP contribution is 2.03. The molecule has 4 nitrogen and oxygen atoms in total. The zero-order valence-electron chi connectivity index (χ0n) is 6.67. The number of carbonyl (C=O) groups excluding carboxylic acids is 1. The number of hydrogen-bond donors (Lipinski definition) is 2. The molecule has 0 bridgehead atoms. The second-order valence-corrected chi connectivity index (χ2v) is 2.85. The zero-order chi connectivity index (χ0) is 8.27. The first-order valence-corrected chi connectivity index (χ1v) is 3.83. The molecule has 0 spiro atoms. The lowest BCUT2D eigenvalue weighted by atomic mass is 10.2. The van der Waals surface area contributed by atoms with E-state index in [4.69, 9.17) is 10.5 Å². The van der Waals surface area contributed by atoms with E-state index in [2.05, 4.69) is 5.32 Å². The van der Waals surface area contributed by atoms with Gasteiger partial charge in [-0.2, -0.15) is 0 Å². The van der Waals surface area contributed by atoms with Crippen LogP contribution in [0.25, 0.3) is 0 Å². The third-order valence-electron chi connectivity index (χ3n) is 1.84. The Morgan fingerprint density at radius 3 is 3.00 bits per heavy atom. The van der Waals surface area contributed by atoms with Gasteiger partial charge in [-0.15, -0.1) is 0 Å². The lowest BCUT2D eigenvalue weighted by Gasteiger charge is -2.14. The van der Waals surface area contributed by atoms with Gasteiger partial charge in [0.05, 0.1) is 12.6 Å². The normalized spacial score (nSPS) is 26.8. The molecular weight excluding hydrogens is 144 g/mol. The van der Waals surface area contributed by atoms with Gasteiger partial charge in [0.1, 0.15) is 0 Å². The molecule has 1 rings (SSSR count). The van der Waals surface area contributed by atoms with Crippen LogP contribution >= 0.6 is 0 Å². The van der Waals surface area contributed by atoms with Crippen LogP contribution in [0.4, 0.5) is 0 Å². The van der Waals surface area contributed by atoms with Gasteiger partial charge in [-0.25, -0.2) is 0 Å². The van der Waals surface area contributed by atoms with E-state index in [1.807, 2.05) is 0 Å². The molecule has 0 aromatic carbocycles. The van der Waals surface area contributed by atoms with Crippen LogP contribution in [-0.4, -0.2) is 31.2 Å². The summed E-state index contributed by atoms with van der Waals surface area (Å²) in [5.41, 5.74) is 5.07. The van der Waals surface area contributed by atoms with Gasteiger partial charge in [0, 0.05) is 12.6 Å². The SMILES string of the molecule is C[C@@H](NC1CCOC1)C(N)=O. The Morgan fingerprint density at radius 1 is 1.82 bits per heavy atom. The minimum Gasteiger partial charge on any atom is -0.380 e. The predicted octanol–water partition coefficient (Wildman–Crippen LogP) is -0.761. The van der Waals surface area contributed by atoms with Crippen molar-refractivity contribution in [3.8, 4) is 0 Å². The van der Waals surface area contributed by atoms with E-state index >= 15 is 0 Å². The smallest absolute Gasteiger partial charge is 0.234 e. The number of nitrogens with one attached hydrogen (secondary N) is 1. The third-order valence-corrected chi connectivity index (χ3v) is 1.84. The fraction of sp³-hybridized carbons (Fsp3) is 0.857. The fourth-order valence-corrected chi connectivity index (χ4v) is 1.10. The van der Waals surface area contributed by atoms with Crippen molar-refractivity contribution >= 4 is 5.91 Å². The maximum Gasteiger partial charge on any atom is 0.234 e. The van der Waals surface area contributed by atoms with Crippen LogP contribution in [0.2, 0.25) is 0 Å². The summed E-state index contributed by atoms with van der Waals surface area (Å²) in [5.74, 6) is -0.308. The van der Waals surface area contributed by atoms with E-state index < -0.39 is 0 Å². The van der Waals surface area contributed by atoms with E-state index in [9.17, 15) is 4.79 Å². The predicted molar refractivity (Wildman–Crippen MR) is 41.0 cm³/mol. The quantitative estimate of drug-likeness (QED) is 0.567. The monoisotopic (exact) mass is 158 g/mol. The Labute approximate surface area is 66.1 Å². The van der Waals surface area contributed by atoms with Gasteiger partial charge in [0.15, 0.2) is 0 Å². The van der Waals surface area contributed by atoms with E-state index in [1.165, 1.54) is 0 Å². The molecule has 0 aliphatic carbocycles. The van der Waals surface area contributed by atoms with Gasteiger partial charge in [-0.05, 0) is 13.3 Å². The first-order chi connectivity index (χ1) is 5.20. The summed E-state index contributed by atoms with van der Waals surface area (Å²) >= 11 is 0. The van der Waals surface area contributed by atoms with Crippen molar-refractivity contribution in [1.82, 2.24) is 5.32 Å². The molecule has 1 fully saturated rings. The molecule has 1 aliphatic heterocycles. The molecule has 0 aromatic heterocycles. The van der Waals surface area contributed by atoms with Crippen molar-refractivity contribution in [2.45, 2.75) is 25.4 Å². The molecule has 2 atom stereocenters. The molecule has 1 amide bonds. The number of hydrogen-bond acceptors (Lipinski definition) is 3. The van der Waals surface area contributed by atoms with Gasteiger partial charge < -0.3 is 15.8 Å². The molecule has 4 heteroatoms. The molecule has 1 aliphatic rings. The minimum absolute atomic E-state index is 0.248. The van der Waals surface area contributed by atoms with Crippen LogP contribution in [0.3, 0.4) is 0 Å². The first-order valence-electron chi connectivity index (χ1n) is 3.83. The molecule has 1 unspecified atom stereocenters. The topological polar surface area (TPSA) is 64.3 Å². The van der Waals surface area contributed by atoms with E-state index in [0.717, 1.165) is 13.0 Å². The standard InChI is InChI=1S/C7H14N2O2/c1-5(7(8)10)9-6-2-3-11-4-6/h5-6,9H,2-4H2,1H3,(H2,8,10)/t5-,6?/m1/s1. The number of rotatable bonds is 3. The summed E-state index contributed by atoms with van der Waals surface area (Å²) in [6.07, 6.45) is 0.970. The molecule has 11 heavy (non-hydrogen) atoms. The maximum absolute atomic E-state index is 10.6. The Morgan fingerprint density at radius 2 is 2.55 bits per heavy atom. The van der Waals surface area contributed by atoms with Crippen molar-refractivity contribution in [1.29, 1.82) is 0 Å².